The van der Waals surface area contributed by atoms with E-state index in [0.717, 1.165) is 6.42 Å². The van der Waals surface area contributed by atoms with E-state index in [0.29, 0.717) is 25.2 Å². The summed E-state index contributed by atoms with van der Waals surface area (Å²) in [4.78, 5) is 14.2. The summed E-state index contributed by atoms with van der Waals surface area (Å²) in [5, 5.41) is 0. The fourth-order valence-electron chi connectivity index (χ4n) is 2.08. The van der Waals surface area contributed by atoms with Gasteiger partial charge in [-0.1, -0.05) is 32.9 Å². The summed E-state index contributed by atoms with van der Waals surface area (Å²) in [5.74, 6) is -0.279. The number of hydrogen-bond donors (Lipinski definition) is 1. The highest BCUT2D eigenvalue weighted by Gasteiger charge is 2.23. The van der Waals surface area contributed by atoms with Gasteiger partial charge in [-0.15, -0.1) is 0 Å². The molecule has 1 aromatic rings. The van der Waals surface area contributed by atoms with Crippen molar-refractivity contribution < 1.29 is 9.18 Å². The third-order valence-corrected chi connectivity index (χ3v) is 3.26. The van der Waals surface area contributed by atoms with Gasteiger partial charge in [0.15, 0.2) is 0 Å². The molecule has 0 saturated heterocycles. The molecule has 0 unspecified atom stereocenters. The molecule has 0 fully saturated rings. The van der Waals surface area contributed by atoms with E-state index in [1.165, 1.54) is 12.1 Å². The number of halogens is 1. The number of carbonyl (C=O) groups excluding carboxylic acids is 1. The van der Waals surface area contributed by atoms with Crippen LogP contribution < -0.4 is 5.73 Å². The number of rotatable bonds is 7. The maximum atomic E-state index is 13.2. The van der Waals surface area contributed by atoms with E-state index in [1.807, 2.05) is 25.7 Å². The molecule has 0 heterocycles. The van der Waals surface area contributed by atoms with Crippen LogP contribution in [0, 0.1) is 11.2 Å². The number of amides is 1. The minimum absolute atomic E-state index is 0.0268. The topological polar surface area (TPSA) is 46.3 Å². The molecule has 0 bridgehead atoms. The van der Waals surface area contributed by atoms with Crippen LogP contribution in [0.25, 0.3) is 0 Å². The van der Waals surface area contributed by atoms with Gasteiger partial charge in [0, 0.05) is 13.1 Å². The van der Waals surface area contributed by atoms with E-state index >= 15 is 0 Å². The molecule has 0 spiro atoms. The predicted molar refractivity (Wildman–Crippen MR) is 79.8 cm³/mol. The summed E-state index contributed by atoms with van der Waals surface area (Å²) < 4.78 is 13.2. The smallest absolute Gasteiger partial charge is 0.227 e. The zero-order valence-corrected chi connectivity index (χ0v) is 12.7. The number of benzene rings is 1. The van der Waals surface area contributed by atoms with Crippen LogP contribution in [-0.2, 0) is 11.2 Å². The van der Waals surface area contributed by atoms with Crippen molar-refractivity contribution >= 4 is 5.91 Å². The number of carbonyl (C=O) groups is 1. The Bertz CT molecular complexity index is 446. The Morgan fingerprint density at radius 2 is 2.10 bits per heavy atom. The van der Waals surface area contributed by atoms with Crippen molar-refractivity contribution in [3.05, 3.63) is 35.6 Å². The fraction of sp³-hybridized carbons (Fsp3) is 0.562. The number of hydrogen-bond acceptors (Lipinski definition) is 2. The first-order valence-electron chi connectivity index (χ1n) is 7.10. The Balaban J connectivity index is 2.74. The lowest BCUT2D eigenvalue weighted by Gasteiger charge is -2.32. The van der Waals surface area contributed by atoms with Crippen molar-refractivity contribution in [3.63, 3.8) is 0 Å². The second-order valence-corrected chi connectivity index (χ2v) is 5.99. The van der Waals surface area contributed by atoms with Gasteiger partial charge in [0.1, 0.15) is 5.82 Å². The van der Waals surface area contributed by atoms with E-state index in [9.17, 15) is 9.18 Å². The van der Waals surface area contributed by atoms with Crippen molar-refractivity contribution in [2.45, 2.75) is 33.6 Å². The van der Waals surface area contributed by atoms with Crippen LogP contribution in [-0.4, -0.2) is 30.4 Å². The highest BCUT2D eigenvalue weighted by Crippen LogP contribution is 2.16. The number of nitrogens with two attached hydrogens (primary N) is 1. The molecule has 0 saturated carbocycles. The van der Waals surface area contributed by atoms with Gasteiger partial charge in [0.05, 0.1) is 6.42 Å². The lowest BCUT2D eigenvalue weighted by Crippen LogP contribution is -2.43. The number of nitrogens with zero attached hydrogens (tertiary/aromatic N) is 1. The van der Waals surface area contributed by atoms with Crippen LogP contribution >= 0.6 is 0 Å². The van der Waals surface area contributed by atoms with E-state index in [1.54, 1.807) is 12.1 Å². The van der Waals surface area contributed by atoms with Gasteiger partial charge in [-0.2, -0.15) is 0 Å². The lowest BCUT2D eigenvalue weighted by atomic mass is 9.92. The maximum absolute atomic E-state index is 13.2. The lowest BCUT2D eigenvalue weighted by molar-refractivity contribution is -0.131. The summed E-state index contributed by atoms with van der Waals surface area (Å²) in [6.07, 6.45) is 1.13. The molecular weight excluding hydrogens is 255 g/mol. The van der Waals surface area contributed by atoms with E-state index < -0.39 is 0 Å². The van der Waals surface area contributed by atoms with Gasteiger partial charge in [0.2, 0.25) is 5.91 Å². The quantitative estimate of drug-likeness (QED) is 0.834. The Labute approximate surface area is 121 Å². The average Bonchev–Trinajstić information content (AvgIpc) is 2.38. The van der Waals surface area contributed by atoms with Crippen molar-refractivity contribution in [1.82, 2.24) is 4.90 Å². The fourth-order valence-corrected chi connectivity index (χ4v) is 2.08. The van der Waals surface area contributed by atoms with Crippen molar-refractivity contribution in [2.75, 3.05) is 19.6 Å². The molecule has 3 nitrogen and oxygen atoms in total. The second-order valence-electron chi connectivity index (χ2n) is 5.99. The monoisotopic (exact) mass is 280 g/mol. The SMILES string of the molecule is CCCN(CC(C)(C)CN)C(=O)Cc1cccc(F)c1. The summed E-state index contributed by atoms with van der Waals surface area (Å²) in [7, 11) is 0. The summed E-state index contributed by atoms with van der Waals surface area (Å²) in [6.45, 7) is 8.00. The van der Waals surface area contributed by atoms with Crippen molar-refractivity contribution in [2.24, 2.45) is 11.1 Å². The molecule has 0 aromatic heterocycles. The van der Waals surface area contributed by atoms with Gasteiger partial charge in [0.25, 0.3) is 0 Å². The molecule has 0 aliphatic heterocycles. The molecule has 4 heteroatoms. The van der Waals surface area contributed by atoms with Crippen LogP contribution in [0.3, 0.4) is 0 Å². The molecule has 20 heavy (non-hydrogen) atoms. The molecule has 0 aliphatic carbocycles. The molecule has 0 atom stereocenters. The maximum Gasteiger partial charge on any atom is 0.227 e. The van der Waals surface area contributed by atoms with Gasteiger partial charge >= 0.3 is 0 Å². The average molecular weight is 280 g/mol. The van der Waals surface area contributed by atoms with Crippen LogP contribution in [0.15, 0.2) is 24.3 Å². The molecule has 1 aromatic carbocycles. The minimum Gasteiger partial charge on any atom is -0.342 e. The first-order chi connectivity index (χ1) is 9.38. The van der Waals surface area contributed by atoms with Gasteiger partial charge in [-0.05, 0) is 36.1 Å². The summed E-state index contributed by atoms with van der Waals surface area (Å²) >= 11 is 0. The van der Waals surface area contributed by atoms with Gasteiger partial charge in [-0.25, -0.2) is 4.39 Å². The van der Waals surface area contributed by atoms with Crippen LogP contribution in [0.2, 0.25) is 0 Å². The minimum atomic E-state index is -0.306. The van der Waals surface area contributed by atoms with E-state index in [4.69, 9.17) is 5.73 Å². The zero-order chi connectivity index (χ0) is 15.2. The molecule has 0 aliphatic rings. The van der Waals surface area contributed by atoms with Crippen LogP contribution in [0.1, 0.15) is 32.8 Å². The third kappa shape index (κ3) is 5.29. The molecule has 0 radical (unpaired) electrons. The molecule has 2 N–H and O–H groups in total. The Morgan fingerprint density at radius 3 is 2.65 bits per heavy atom. The van der Waals surface area contributed by atoms with Crippen LogP contribution in [0.5, 0.6) is 0 Å². The van der Waals surface area contributed by atoms with E-state index in [-0.39, 0.29) is 23.6 Å². The van der Waals surface area contributed by atoms with Gasteiger partial charge in [-0.3, -0.25) is 4.79 Å². The van der Waals surface area contributed by atoms with Crippen LogP contribution in [0.4, 0.5) is 4.39 Å². The predicted octanol–water partition coefficient (Wildman–Crippen LogP) is 2.59. The third-order valence-electron chi connectivity index (χ3n) is 3.26. The Morgan fingerprint density at radius 1 is 1.40 bits per heavy atom. The standard InChI is InChI=1S/C16H25FN2O/c1-4-8-19(12-16(2,3)11-18)15(20)10-13-6-5-7-14(17)9-13/h5-7,9H,4,8,10-12,18H2,1-3H3. The molecule has 1 rings (SSSR count). The Hall–Kier alpha value is -1.42. The highest BCUT2D eigenvalue weighted by molar-refractivity contribution is 5.78. The first kappa shape index (κ1) is 16.6. The van der Waals surface area contributed by atoms with Crippen molar-refractivity contribution in [1.29, 1.82) is 0 Å². The normalized spacial score (nSPS) is 11.4. The molecular formula is C16H25FN2O. The molecule has 1 amide bonds. The van der Waals surface area contributed by atoms with E-state index in [2.05, 4.69) is 0 Å². The highest BCUT2D eigenvalue weighted by atomic mass is 19.1. The van der Waals surface area contributed by atoms with Gasteiger partial charge < -0.3 is 10.6 Å². The largest absolute Gasteiger partial charge is 0.342 e. The molecule has 112 valence electrons. The summed E-state index contributed by atoms with van der Waals surface area (Å²) in [6, 6.07) is 6.20. The summed E-state index contributed by atoms with van der Waals surface area (Å²) in [5.41, 5.74) is 6.34. The first-order valence-corrected chi connectivity index (χ1v) is 7.10. The Kier molecular flexibility index (Phi) is 6.14. The zero-order valence-electron chi connectivity index (χ0n) is 12.7. The van der Waals surface area contributed by atoms with Crippen molar-refractivity contribution in [3.8, 4) is 0 Å². The second kappa shape index (κ2) is 7.39.